The number of carbonyl (C=O) groups excluding carboxylic acids is 1. The minimum absolute atomic E-state index is 0.213. The van der Waals surface area contributed by atoms with Crippen LogP contribution in [0.5, 0.6) is 11.5 Å². The molecule has 0 spiro atoms. The highest BCUT2D eigenvalue weighted by atomic mass is 79.9. The molecule has 0 saturated heterocycles. The van der Waals surface area contributed by atoms with Gasteiger partial charge in [-0.1, -0.05) is 30.3 Å². The van der Waals surface area contributed by atoms with Gasteiger partial charge >= 0.3 is 0 Å². The van der Waals surface area contributed by atoms with Gasteiger partial charge in [0, 0.05) is 18.6 Å². The van der Waals surface area contributed by atoms with E-state index >= 15 is 0 Å². The van der Waals surface area contributed by atoms with Crippen LogP contribution >= 0.6 is 15.9 Å². The van der Waals surface area contributed by atoms with Gasteiger partial charge in [-0.2, -0.15) is 5.01 Å². The second kappa shape index (κ2) is 7.14. The minimum atomic E-state index is -0.612. The summed E-state index contributed by atoms with van der Waals surface area (Å²) < 4.78 is 17.4. The van der Waals surface area contributed by atoms with Crippen LogP contribution in [-0.4, -0.2) is 31.0 Å². The number of hydrogen-bond acceptors (Lipinski definition) is 5. The van der Waals surface area contributed by atoms with E-state index in [1.54, 1.807) is 26.4 Å². The van der Waals surface area contributed by atoms with Gasteiger partial charge in [-0.25, -0.2) is 0 Å². The topological polar surface area (TPSA) is 60.4 Å². The zero-order chi connectivity index (χ0) is 18.0. The second-order valence-corrected chi connectivity index (χ2v) is 6.19. The average molecular weight is 405 g/mol. The number of benzene rings is 2. The molecule has 0 saturated carbocycles. The molecule has 2 aromatic rings. The summed E-state index contributed by atoms with van der Waals surface area (Å²) in [6.45, 7) is 1.45. The zero-order valence-electron chi connectivity index (χ0n) is 14.0. The molecular weight excluding hydrogens is 388 g/mol. The Morgan fingerprint density at radius 1 is 1.16 bits per heavy atom. The molecule has 0 fully saturated rings. The van der Waals surface area contributed by atoms with Gasteiger partial charge in [0.15, 0.2) is 0 Å². The van der Waals surface area contributed by atoms with Crippen LogP contribution in [0.3, 0.4) is 0 Å². The first-order valence-corrected chi connectivity index (χ1v) is 8.36. The minimum Gasteiger partial charge on any atom is -0.496 e. The smallest absolute Gasteiger partial charge is 0.244 e. The Bertz CT molecular complexity index is 823. The van der Waals surface area contributed by atoms with Gasteiger partial charge in [-0.3, -0.25) is 4.79 Å². The quantitative estimate of drug-likeness (QED) is 0.779. The normalized spacial score (nSPS) is 16.2. The fraction of sp³-hybridized carbons (Fsp3) is 0.222. The first kappa shape index (κ1) is 17.3. The Morgan fingerprint density at radius 3 is 2.44 bits per heavy atom. The van der Waals surface area contributed by atoms with E-state index in [2.05, 4.69) is 21.0 Å². The average Bonchev–Trinajstić information content (AvgIpc) is 3.07. The lowest BCUT2D eigenvalue weighted by atomic mass is 10.1. The lowest BCUT2D eigenvalue weighted by Crippen LogP contribution is -2.25. The summed E-state index contributed by atoms with van der Waals surface area (Å²) in [6.07, 6.45) is -0.612. The Balaban J connectivity index is 2.02. The molecule has 1 aliphatic heterocycles. The van der Waals surface area contributed by atoms with Gasteiger partial charge in [-0.05, 0) is 22.0 Å². The highest BCUT2D eigenvalue weighted by Crippen LogP contribution is 2.37. The van der Waals surface area contributed by atoms with Crippen molar-refractivity contribution in [2.75, 3.05) is 14.2 Å². The van der Waals surface area contributed by atoms with Crippen molar-refractivity contribution in [1.82, 2.24) is 5.01 Å². The lowest BCUT2D eigenvalue weighted by molar-refractivity contribution is -0.135. The van der Waals surface area contributed by atoms with E-state index in [1.165, 1.54) is 11.9 Å². The molecule has 1 atom stereocenters. The highest BCUT2D eigenvalue weighted by molar-refractivity contribution is 9.10. The molecule has 0 aromatic heterocycles. The summed E-state index contributed by atoms with van der Waals surface area (Å²) in [7, 11) is 3.13. The van der Waals surface area contributed by atoms with Gasteiger partial charge in [0.05, 0.1) is 24.3 Å². The molecule has 0 aliphatic carbocycles. The number of nitrogens with zero attached hydrogens (tertiary/aromatic N) is 2. The van der Waals surface area contributed by atoms with E-state index in [0.29, 0.717) is 23.0 Å². The molecule has 130 valence electrons. The molecule has 3 rings (SSSR count). The third-order valence-corrected chi connectivity index (χ3v) is 4.38. The summed E-state index contributed by atoms with van der Waals surface area (Å²) in [5, 5.41) is 5.68. The fourth-order valence-electron chi connectivity index (χ4n) is 2.54. The van der Waals surface area contributed by atoms with Crippen molar-refractivity contribution < 1.29 is 19.0 Å². The first-order chi connectivity index (χ1) is 12.0. The van der Waals surface area contributed by atoms with Crippen LogP contribution in [-0.2, 0) is 9.53 Å². The van der Waals surface area contributed by atoms with Crippen LogP contribution in [0.2, 0.25) is 0 Å². The van der Waals surface area contributed by atoms with Crippen LogP contribution in [0.4, 0.5) is 0 Å². The Morgan fingerprint density at radius 2 is 1.84 bits per heavy atom. The third-order valence-electron chi connectivity index (χ3n) is 3.76. The molecule has 1 aliphatic rings. The fourth-order valence-corrected chi connectivity index (χ4v) is 3.04. The molecule has 1 heterocycles. The highest BCUT2D eigenvalue weighted by Gasteiger charge is 2.34. The number of hydrazone groups is 1. The molecule has 1 amide bonds. The summed E-state index contributed by atoms with van der Waals surface area (Å²) in [4.78, 5) is 12.0. The van der Waals surface area contributed by atoms with Crippen LogP contribution in [0.25, 0.3) is 0 Å². The molecule has 7 heteroatoms. The van der Waals surface area contributed by atoms with Crippen molar-refractivity contribution in [2.45, 2.75) is 13.2 Å². The van der Waals surface area contributed by atoms with Crippen LogP contribution < -0.4 is 9.47 Å². The van der Waals surface area contributed by atoms with Crippen LogP contribution in [0, 0.1) is 0 Å². The molecule has 0 unspecified atom stereocenters. The van der Waals surface area contributed by atoms with E-state index in [1.807, 2.05) is 30.3 Å². The van der Waals surface area contributed by atoms with E-state index in [9.17, 15) is 4.79 Å². The van der Waals surface area contributed by atoms with Crippen molar-refractivity contribution >= 4 is 27.7 Å². The van der Waals surface area contributed by atoms with E-state index < -0.39 is 6.23 Å². The van der Waals surface area contributed by atoms with E-state index in [4.69, 9.17) is 14.2 Å². The number of hydrogen-bond donors (Lipinski definition) is 0. The molecule has 2 aromatic carbocycles. The van der Waals surface area contributed by atoms with Crippen molar-refractivity contribution in [1.29, 1.82) is 0 Å². The van der Waals surface area contributed by atoms with Crippen LogP contribution in [0.1, 0.15) is 24.3 Å². The van der Waals surface area contributed by atoms with Crippen molar-refractivity contribution in [3.63, 3.8) is 0 Å². The van der Waals surface area contributed by atoms with Gasteiger partial charge in [0.25, 0.3) is 0 Å². The first-order valence-electron chi connectivity index (χ1n) is 7.57. The maximum atomic E-state index is 12.0. The van der Waals surface area contributed by atoms with Crippen molar-refractivity contribution in [3.05, 3.63) is 58.1 Å². The van der Waals surface area contributed by atoms with E-state index in [0.717, 1.165) is 10.0 Å². The number of halogens is 1. The second-order valence-electron chi connectivity index (χ2n) is 5.34. The molecular formula is C18H17BrN2O4. The molecule has 25 heavy (non-hydrogen) atoms. The van der Waals surface area contributed by atoms with Crippen LogP contribution in [0.15, 0.2) is 52.0 Å². The number of carbonyl (C=O) groups is 1. The molecule has 0 N–H and O–H groups in total. The summed E-state index contributed by atoms with van der Waals surface area (Å²) in [5.74, 6) is 1.26. The lowest BCUT2D eigenvalue weighted by Gasteiger charge is -2.19. The Labute approximate surface area is 154 Å². The SMILES string of the molecule is COc1cc(OC)c(C2=NN(C(C)=O)[C@H](c3ccccc3)O2)cc1Br. The molecule has 0 bridgehead atoms. The summed E-state index contributed by atoms with van der Waals surface area (Å²) in [5.41, 5.74) is 1.46. The summed E-state index contributed by atoms with van der Waals surface area (Å²) >= 11 is 3.45. The number of amides is 1. The Hall–Kier alpha value is -2.54. The number of ether oxygens (including phenoxy) is 3. The Kier molecular flexibility index (Phi) is 4.94. The van der Waals surface area contributed by atoms with Gasteiger partial charge < -0.3 is 14.2 Å². The van der Waals surface area contributed by atoms with Gasteiger partial charge in [0.2, 0.25) is 18.0 Å². The monoisotopic (exact) mass is 404 g/mol. The zero-order valence-corrected chi connectivity index (χ0v) is 15.6. The van der Waals surface area contributed by atoms with Crippen molar-refractivity contribution in [3.8, 4) is 11.5 Å². The standard InChI is InChI=1S/C18H17BrN2O4/c1-11(22)21-18(12-7-5-4-6-8-12)25-17(20-21)13-9-14(19)16(24-3)10-15(13)23-2/h4-10,18H,1-3H3/t18-/m0/s1. The largest absolute Gasteiger partial charge is 0.496 e. The predicted molar refractivity (Wildman–Crippen MR) is 96.6 cm³/mol. The maximum absolute atomic E-state index is 12.0. The number of methoxy groups -OCH3 is 2. The number of rotatable bonds is 4. The van der Waals surface area contributed by atoms with Gasteiger partial charge in [0.1, 0.15) is 11.5 Å². The van der Waals surface area contributed by atoms with Crippen molar-refractivity contribution in [2.24, 2.45) is 5.10 Å². The summed E-state index contributed by atoms with van der Waals surface area (Å²) in [6, 6.07) is 13.0. The third kappa shape index (κ3) is 3.32. The predicted octanol–water partition coefficient (Wildman–Crippen LogP) is 3.71. The molecule has 0 radical (unpaired) electrons. The van der Waals surface area contributed by atoms with Gasteiger partial charge in [-0.15, -0.1) is 5.10 Å². The molecule has 6 nitrogen and oxygen atoms in total. The maximum Gasteiger partial charge on any atom is 0.244 e. The van der Waals surface area contributed by atoms with E-state index in [-0.39, 0.29) is 5.91 Å².